The van der Waals surface area contributed by atoms with Crippen LogP contribution in [0.1, 0.15) is 33.6 Å². The molecule has 2 atom stereocenters. The van der Waals surface area contributed by atoms with Gasteiger partial charge < -0.3 is 15.1 Å². The number of carbonyl (C=O) groups excluding carboxylic acids is 1. The summed E-state index contributed by atoms with van der Waals surface area (Å²) in [6, 6.07) is 8.05. The Morgan fingerprint density at radius 1 is 1.10 bits per heavy atom. The summed E-state index contributed by atoms with van der Waals surface area (Å²) in [7, 11) is 0. The fraction of sp³-hybridized carbons (Fsp3) is 0.500. The third-order valence-corrected chi connectivity index (χ3v) is 6.97. The average Bonchev–Trinajstić information content (AvgIpc) is 3.26. The van der Waals surface area contributed by atoms with Crippen molar-refractivity contribution in [3.63, 3.8) is 0 Å². The zero-order valence-electron chi connectivity index (χ0n) is 18.1. The fourth-order valence-corrected chi connectivity index (χ4v) is 5.03. The number of aromatic nitrogens is 1. The molecule has 1 amide bonds. The van der Waals surface area contributed by atoms with Crippen LogP contribution in [0.15, 0.2) is 30.5 Å². The van der Waals surface area contributed by atoms with E-state index in [1.807, 2.05) is 43.9 Å². The summed E-state index contributed by atoms with van der Waals surface area (Å²) in [6.07, 6.45) is 2.88. The molecule has 2 unspecified atom stereocenters. The van der Waals surface area contributed by atoms with Crippen molar-refractivity contribution in [3.8, 4) is 0 Å². The third-order valence-electron chi connectivity index (χ3n) is 6.56. The van der Waals surface area contributed by atoms with Crippen LogP contribution in [0, 0.1) is 32.6 Å². The van der Waals surface area contributed by atoms with E-state index in [0.717, 1.165) is 78.8 Å². The number of halogens is 1. The lowest BCUT2D eigenvalue weighted by Gasteiger charge is -2.23. The summed E-state index contributed by atoms with van der Waals surface area (Å²) in [4.78, 5) is 22.0. The predicted octanol–water partition coefficient (Wildman–Crippen LogP) is 4.17. The molecular weight excluding hydrogens is 396 g/mol. The second-order valence-corrected chi connectivity index (χ2v) is 9.23. The number of amides is 1. The second kappa shape index (κ2) is 8.94. The molecule has 0 radical (unpaired) electrons. The maximum Gasteiger partial charge on any atom is 0.255 e. The first-order valence-electron chi connectivity index (χ1n) is 10.9. The van der Waals surface area contributed by atoms with Crippen LogP contribution in [0.5, 0.6) is 0 Å². The van der Waals surface area contributed by atoms with Crippen molar-refractivity contribution < 1.29 is 4.79 Å². The quantitative estimate of drug-likeness (QED) is 0.704. The van der Waals surface area contributed by atoms with Crippen molar-refractivity contribution in [3.05, 3.63) is 57.9 Å². The number of anilines is 1. The van der Waals surface area contributed by atoms with Gasteiger partial charge in [-0.05, 0) is 74.9 Å². The van der Waals surface area contributed by atoms with Crippen LogP contribution in [0.3, 0.4) is 0 Å². The number of nitrogens with one attached hydrogen (secondary N) is 1. The molecule has 3 heterocycles. The SMILES string of the molecule is Cc1ccc(NCCCN2CC3CN(C(=O)c4c(C)ccnc4C)CC3C2)cc1Cl. The predicted molar refractivity (Wildman–Crippen MR) is 122 cm³/mol. The number of rotatable bonds is 6. The summed E-state index contributed by atoms with van der Waals surface area (Å²) in [5.41, 5.74) is 4.83. The summed E-state index contributed by atoms with van der Waals surface area (Å²) < 4.78 is 0. The van der Waals surface area contributed by atoms with E-state index >= 15 is 0 Å². The highest BCUT2D eigenvalue weighted by Gasteiger charge is 2.41. The first-order valence-corrected chi connectivity index (χ1v) is 11.2. The number of pyridine rings is 1. The van der Waals surface area contributed by atoms with Gasteiger partial charge in [-0.25, -0.2) is 0 Å². The van der Waals surface area contributed by atoms with Crippen LogP contribution in [0.2, 0.25) is 5.02 Å². The summed E-state index contributed by atoms with van der Waals surface area (Å²) in [6.45, 7) is 11.9. The molecule has 5 nitrogen and oxygen atoms in total. The topological polar surface area (TPSA) is 48.5 Å². The summed E-state index contributed by atoms with van der Waals surface area (Å²) >= 11 is 6.20. The molecule has 4 rings (SSSR count). The van der Waals surface area contributed by atoms with Crippen LogP contribution >= 0.6 is 11.6 Å². The van der Waals surface area contributed by atoms with E-state index in [1.54, 1.807) is 6.20 Å². The van der Waals surface area contributed by atoms with Gasteiger partial charge in [0.25, 0.3) is 5.91 Å². The minimum Gasteiger partial charge on any atom is -0.385 e. The Morgan fingerprint density at radius 2 is 1.83 bits per heavy atom. The van der Waals surface area contributed by atoms with Gasteiger partial charge in [0.05, 0.1) is 11.3 Å². The van der Waals surface area contributed by atoms with Gasteiger partial charge in [-0.2, -0.15) is 0 Å². The van der Waals surface area contributed by atoms with E-state index in [9.17, 15) is 4.79 Å². The number of nitrogens with zero attached hydrogens (tertiary/aromatic N) is 3. The van der Waals surface area contributed by atoms with Crippen LogP contribution in [-0.4, -0.2) is 60.0 Å². The monoisotopic (exact) mass is 426 g/mol. The fourth-order valence-electron chi connectivity index (χ4n) is 4.85. The Morgan fingerprint density at radius 3 is 2.50 bits per heavy atom. The lowest BCUT2D eigenvalue weighted by molar-refractivity contribution is 0.0772. The maximum absolute atomic E-state index is 13.0. The first kappa shape index (κ1) is 21.1. The van der Waals surface area contributed by atoms with Gasteiger partial charge in [0.15, 0.2) is 0 Å². The van der Waals surface area contributed by atoms with E-state index in [1.165, 1.54) is 0 Å². The van der Waals surface area contributed by atoms with Gasteiger partial charge in [0.1, 0.15) is 0 Å². The van der Waals surface area contributed by atoms with Crippen LogP contribution in [-0.2, 0) is 0 Å². The molecule has 0 saturated carbocycles. The minimum absolute atomic E-state index is 0.153. The third kappa shape index (κ3) is 4.47. The minimum atomic E-state index is 0.153. The van der Waals surface area contributed by atoms with Crippen molar-refractivity contribution in [2.24, 2.45) is 11.8 Å². The summed E-state index contributed by atoms with van der Waals surface area (Å²) in [5.74, 6) is 1.34. The van der Waals surface area contributed by atoms with Gasteiger partial charge in [-0.15, -0.1) is 0 Å². The van der Waals surface area contributed by atoms with E-state index in [0.29, 0.717) is 11.8 Å². The normalized spacial score (nSPS) is 21.1. The molecule has 0 bridgehead atoms. The molecule has 1 aromatic heterocycles. The second-order valence-electron chi connectivity index (χ2n) is 8.82. The Bertz CT molecular complexity index is 897. The van der Waals surface area contributed by atoms with Crippen LogP contribution < -0.4 is 5.32 Å². The van der Waals surface area contributed by atoms with E-state index < -0.39 is 0 Å². The number of hydrogen-bond donors (Lipinski definition) is 1. The number of carbonyl (C=O) groups is 1. The van der Waals surface area contributed by atoms with Gasteiger partial charge in [0, 0.05) is 49.6 Å². The van der Waals surface area contributed by atoms with Crippen molar-refractivity contribution >= 4 is 23.2 Å². The standard InChI is InChI=1S/C24H31ClN4O/c1-16-5-6-21(11-22(16)25)27-8-4-10-28-12-19-14-29(15-20(19)13-28)24(30)23-17(2)7-9-26-18(23)3/h5-7,9,11,19-20,27H,4,8,10,12-15H2,1-3H3. The van der Waals surface area contributed by atoms with E-state index in [4.69, 9.17) is 11.6 Å². The van der Waals surface area contributed by atoms with E-state index in [-0.39, 0.29) is 5.91 Å². The Labute approximate surface area is 184 Å². The zero-order chi connectivity index (χ0) is 21.3. The van der Waals surface area contributed by atoms with Crippen molar-refractivity contribution in [1.29, 1.82) is 0 Å². The van der Waals surface area contributed by atoms with Crippen molar-refractivity contribution in [1.82, 2.24) is 14.8 Å². The van der Waals surface area contributed by atoms with Gasteiger partial charge >= 0.3 is 0 Å². The lowest BCUT2D eigenvalue weighted by atomic mass is 10.0. The Kier molecular flexibility index (Phi) is 6.30. The average molecular weight is 427 g/mol. The molecule has 30 heavy (non-hydrogen) atoms. The smallest absolute Gasteiger partial charge is 0.255 e. The molecule has 2 aliphatic heterocycles. The Balaban J connectivity index is 1.23. The number of fused-ring (bicyclic) bond motifs is 1. The zero-order valence-corrected chi connectivity index (χ0v) is 18.9. The van der Waals surface area contributed by atoms with Crippen molar-refractivity contribution in [2.75, 3.05) is 44.6 Å². The Hall–Kier alpha value is -2.11. The van der Waals surface area contributed by atoms with Crippen LogP contribution in [0.25, 0.3) is 0 Å². The molecule has 0 spiro atoms. The van der Waals surface area contributed by atoms with Gasteiger partial charge in [-0.3, -0.25) is 9.78 Å². The molecule has 1 aromatic carbocycles. The van der Waals surface area contributed by atoms with Crippen LogP contribution in [0.4, 0.5) is 5.69 Å². The molecular formula is C24H31ClN4O. The molecule has 1 N–H and O–H groups in total. The van der Waals surface area contributed by atoms with Gasteiger partial charge in [-0.1, -0.05) is 17.7 Å². The number of hydrogen-bond acceptors (Lipinski definition) is 4. The molecule has 2 fully saturated rings. The number of likely N-dealkylation sites (tertiary alicyclic amines) is 2. The molecule has 0 aliphatic carbocycles. The van der Waals surface area contributed by atoms with Crippen molar-refractivity contribution in [2.45, 2.75) is 27.2 Å². The summed E-state index contributed by atoms with van der Waals surface area (Å²) in [5, 5.41) is 4.28. The highest BCUT2D eigenvalue weighted by Crippen LogP contribution is 2.32. The highest BCUT2D eigenvalue weighted by atomic mass is 35.5. The van der Waals surface area contributed by atoms with Gasteiger partial charge in [0.2, 0.25) is 0 Å². The molecule has 2 aliphatic rings. The highest BCUT2D eigenvalue weighted by molar-refractivity contribution is 6.31. The number of benzene rings is 1. The molecule has 160 valence electrons. The first-order chi connectivity index (χ1) is 14.4. The lowest BCUT2D eigenvalue weighted by Crippen LogP contribution is -2.34. The number of aryl methyl sites for hydroxylation is 3. The molecule has 6 heteroatoms. The van der Waals surface area contributed by atoms with E-state index in [2.05, 4.69) is 21.3 Å². The maximum atomic E-state index is 13.0. The molecule has 2 saturated heterocycles. The molecule has 2 aromatic rings. The largest absolute Gasteiger partial charge is 0.385 e.